The largest absolute Gasteiger partial charge is 0.392 e. The molecular formula is C13H18O. The van der Waals surface area contributed by atoms with Gasteiger partial charge in [0.2, 0.25) is 0 Å². The molecule has 0 aromatic heterocycles. The van der Waals surface area contributed by atoms with Gasteiger partial charge in [-0.2, -0.15) is 0 Å². The number of hydrogen-bond acceptors (Lipinski definition) is 1. The zero-order valence-corrected chi connectivity index (χ0v) is 8.90. The van der Waals surface area contributed by atoms with E-state index in [1.54, 1.807) is 0 Å². The molecule has 0 radical (unpaired) electrons. The first-order valence-electron chi connectivity index (χ1n) is 5.31. The van der Waals surface area contributed by atoms with Gasteiger partial charge in [0, 0.05) is 0 Å². The molecule has 0 aliphatic heterocycles. The van der Waals surface area contributed by atoms with Crippen LogP contribution in [0.4, 0.5) is 0 Å². The molecule has 1 aromatic carbocycles. The highest BCUT2D eigenvalue weighted by Crippen LogP contribution is 2.53. The molecule has 14 heavy (non-hydrogen) atoms. The molecule has 0 saturated heterocycles. The number of hydrogen-bond donors (Lipinski definition) is 1. The third kappa shape index (κ3) is 1.98. The highest BCUT2D eigenvalue weighted by molar-refractivity contribution is 5.16. The summed E-state index contributed by atoms with van der Waals surface area (Å²) in [5, 5.41) is 9.98. The number of aliphatic hydroxyl groups excluding tert-OH is 1. The maximum absolute atomic E-state index is 9.98. The van der Waals surface area contributed by atoms with Gasteiger partial charge in [0.1, 0.15) is 0 Å². The molecule has 2 rings (SSSR count). The van der Waals surface area contributed by atoms with E-state index < -0.39 is 0 Å². The summed E-state index contributed by atoms with van der Waals surface area (Å²) in [6.07, 6.45) is 1.81. The summed E-state index contributed by atoms with van der Waals surface area (Å²) in [5.41, 5.74) is 1.61. The van der Waals surface area contributed by atoms with E-state index in [2.05, 4.69) is 26.0 Å². The first kappa shape index (κ1) is 9.72. The number of benzene rings is 1. The molecule has 1 saturated carbocycles. The van der Waals surface area contributed by atoms with Gasteiger partial charge in [-0.1, -0.05) is 44.2 Å². The minimum atomic E-state index is -0.160. The summed E-state index contributed by atoms with van der Waals surface area (Å²) in [5.74, 6) is 0.503. The van der Waals surface area contributed by atoms with Crippen molar-refractivity contribution in [2.75, 3.05) is 0 Å². The summed E-state index contributed by atoms with van der Waals surface area (Å²) < 4.78 is 0. The summed E-state index contributed by atoms with van der Waals surface area (Å²) in [6.45, 7) is 4.46. The summed E-state index contributed by atoms with van der Waals surface area (Å²) in [7, 11) is 0. The second-order valence-corrected chi connectivity index (χ2v) is 5.06. The van der Waals surface area contributed by atoms with Gasteiger partial charge in [-0.15, -0.1) is 0 Å². The smallest absolute Gasteiger partial charge is 0.0614 e. The van der Waals surface area contributed by atoms with Crippen LogP contribution in [0.25, 0.3) is 0 Å². The van der Waals surface area contributed by atoms with Gasteiger partial charge in [-0.05, 0) is 29.7 Å². The predicted octanol–water partition coefficient (Wildman–Crippen LogP) is 2.64. The Balaban J connectivity index is 1.93. The average Bonchev–Trinajstić information content (AvgIpc) is 2.77. The van der Waals surface area contributed by atoms with Gasteiger partial charge in [0.15, 0.2) is 0 Å². The predicted molar refractivity (Wildman–Crippen MR) is 58.0 cm³/mol. The normalized spacial score (nSPS) is 25.8. The number of aliphatic hydroxyl groups is 1. The molecule has 0 spiro atoms. The van der Waals surface area contributed by atoms with E-state index in [-0.39, 0.29) is 6.10 Å². The Kier molecular flexibility index (Phi) is 2.36. The number of rotatable bonds is 3. The fourth-order valence-electron chi connectivity index (χ4n) is 2.16. The Labute approximate surface area is 85.8 Å². The van der Waals surface area contributed by atoms with Crippen molar-refractivity contribution in [3.05, 3.63) is 35.9 Å². The molecule has 1 aromatic rings. The van der Waals surface area contributed by atoms with E-state index in [4.69, 9.17) is 0 Å². The third-order valence-electron chi connectivity index (χ3n) is 3.34. The molecule has 1 heteroatoms. The van der Waals surface area contributed by atoms with Crippen LogP contribution in [0.1, 0.15) is 25.8 Å². The van der Waals surface area contributed by atoms with Crippen LogP contribution in [-0.2, 0) is 6.42 Å². The van der Waals surface area contributed by atoms with Crippen LogP contribution in [0, 0.1) is 11.3 Å². The van der Waals surface area contributed by atoms with E-state index in [0.29, 0.717) is 11.3 Å². The van der Waals surface area contributed by atoms with Gasteiger partial charge >= 0.3 is 0 Å². The first-order chi connectivity index (χ1) is 6.59. The summed E-state index contributed by atoms with van der Waals surface area (Å²) in [4.78, 5) is 0. The second kappa shape index (κ2) is 3.39. The van der Waals surface area contributed by atoms with E-state index in [1.807, 2.05) is 18.2 Å². The summed E-state index contributed by atoms with van der Waals surface area (Å²) >= 11 is 0. The molecule has 1 aliphatic carbocycles. The third-order valence-corrected chi connectivity index (χ3v) is 3.34. The molecule has 1 aliphatic rings. The van der Waals surface area contributed by atoms with E-state index in [9.17, 15) is 5.11 Å². The van der Waals surface area contributed by atoms with Gasteiger partial charge in [-0.25, -0.2) is 0 Å². The van der Waals surface area contributed by atoms with Crippen LogP contribution in [-0.4, -0.2) is 11.2 Å². The molecule has 1 fully saturated rings. The van der Waals surface area contributed by atoms with Crippen molar-refractivity contribution in [1.82, 2.24) is 0 Å². The molecule has 76 valence electrons. The quantitative estimate of drug-likeness (QED) is 0.777. The molecule has 2 atom stereocenters. The average molecular weight is 190 g/mol. The fraction of sp³-hybridized carbons (Fsp3) is 0.538. The molecule has 0 bridgehead atoms. The Morgan fingerprint density at radius 2 is 1.93 bits per heavy atom. The Hall–Kier alpha value is -0.820. The van der Waals surface area contributed by atoms with Gasteiger partial charge in [-0.3, -0.25) is 0 Å². The van der Waals surface area contributed by atoms with Crippen LogP contribution < -0.4 is 0 Å². The van der Waals surface area contributed by atoms with Crippen molar-refractivity contribution in [2.24, 2.45) is 11.3 Å². The van der Waals surface area contributed by atoms with Crippen LogP contribution in [0.5, 0.6) is 0 Å². The van der Waals surface area contributed by atoms with E-state index in [1.165, 1.54) is 12.0 Å². The minimum absolute atomic E-state index is 0.160. The first-order valence-corrected chi connectivity index (χ1v) is 5.31. The Morgan fingerprint density at radius 1 is 1.36 bits per heavy atom. The van der Waals surface area contributed by atoms with Crippen LogP contribution in [0.3, 0.4) is 0 Å². The van der Waals surface area contributed by atoms with Gasteiger partial charge in [0.25, 0.3) is 0 Å². The standard InChI is InChI=1S/C13H18O/c1-13(2)9-11(13)12(14)8-10-6-4-3-5-7-10/h3-7,11-12,14H,8-9H2,1-2H3. The molecule has 1 N–H and O–H groups in total. The van der Waals surface area contributed by atoms with Crippen molar-refractivity contribution in [1.29, 1.82) is 0 Å². The lowest BCUT2D eigenvalue weighted by atomic mass is 10.00. The van der Waals surface area contributed by atoms with E-state index >= 15 is 0 Å². The fourth-order valence-corrected chi connectivity index (χ4v) is 2.16. The molecule has 0 amide bonds. The van der Waals surface area contributed by atoms with E-state index in [0.717, 1.165) is 6.42 Å². The van der Waals surface area contributed by atoms with Crippen molar-refractivity contribution in [2.45, 2.75) is 32.8 Å². The molecule has 1 nitrogen and oxygen atoms in total. The zero-order chi connectivity index (χ0) is 10.2. The lowest BCUT2D eigenvalue weighted by molar-refractivity contribution is 0.137. The summed E-state index contributed by atoms with van der Waals surface area (Å²) in [6, 6.07) is 10.2. The zero-order valence-electron chi connectivity index (χ0n) is 8.90. The van der Waals surface area contributed by atoms with Crippen molar-refractivity contribution < 1.29 is 5.11 Å². The Bertz CT molecular complexity index is 302. The van der Waals surface area contributed by atoms with Crippen LogP contribution in [0.2, 0.25) is 0 Å². The maximum Gasteiger partial charge on any atom is 0.0614 e. The highest BCUT2D eigenvalue weighted by atomic mass is 16.3. The lowest BCUT2D eigenvalue weighted by Crippen LogP contribution is -2.16. The van der Waals surface area contributed by atoms with Crippen molar-refractivity contribution >= 4 is 0 Å². The van der Waals surface area contributed by atoms with Gasteiger partial charge in [0.05, 0.1) is 6.10 Å². The minimum Gasteiger partial charge on any atom is -0.392 e. The monoisotopic (exact) mass is 190 g/mol. The van der Waals surface area contributed by atoms with Crippen molar-refractivity contribution in [3.8, 4) is 0 Å². The highest BCUT2D eigenvalue weighted by Gasteiger charge is 2.49. The molecular weight excluding hydrogens is 172 g/mol. The molecule has 2 unspecified atom stereocenters. The Morgan fingerprint density at radius 3 is 2.43 bits per heavy atom. The SMILES string of the molecule is CC1(C)CC1C(O)Cc1ccccc1. The second-order valence-electron chi connectivity index (χ2n) is 5.06. The van der Waals surface area contributed by atoms with Crippen LogP contribution >= 0.6 is 0 Å². The topological polar surface area (TPSA) is 20.2 Å². The van der Waals surface area contributed by atoms with Crippen LogP contribution in [0.15, 0.2) is 30.3 Å². The lowest BCUT2D eigenvalue weighted by Gasteiger charge is -2.12. The van der Waals surface area contributed by atoms with Crippen molar-refractivity contribution in [3.63, 3.8) is 0 Å². The molecule has 0 heterocycles. The van der Waals surface area contributed by atoms with Gasteiger partial charge < -0.3 is 5.11 Å². The maximum atomic E-state index is 9.98.